The van der Waals surface area contributed by atoms with Crippen molar-refractivity contribution in [1.82, 2.24) is 3.11 Å². The summed E-state index contributed by atoms with van der Waals surface area (Å²) in [5.74, 6) is 0. The fourth-order valence-electron chi connectivity index (χ4n) is 1.68. The summed E-state index contributed by atoms with van der Waals surface area (Å²) in [5, 5.41) is 0. The molecule has 76 valence electrons. The monoisotopic (exact) mass is 303 g/mol. The zero-order valence-corrected chi connectivity index (χ0v) is 10.2. The summed E-state index contributed by atoms with van der Waals surface area (Å²) in [7, 11) is 0. The molecule has 1 unspecified atom stereocenters. The van der Waals surface area contributed by atoms with E-state index in [0.717, 1.165) is 26.1 Å². The van der Waals surface area contributed by atoms with Crippen LogP contribution in [0.4, 0.5) is 0 Å². The maximum absolute atomic E-state index is 5.71. The highest BCUT2D eigenvalue weighted by Crippen LogP contribution is 2.13. The van der Waals surface area contributed by atoms with Crippen molar-refractivity contribution in [1.29, 1.82) is 0 Å². The molecule has 0 aromatic heterocycles. The van der Waals surface area contributed by atoms with E-state index in [4.69, 9.17) is 4.74 Å². The lowest BCUT2D eigenvalue weighted by atomic mass is 10.1. The van der Waals surface area contributed by atoms with Crippen LogP contribution in [-0.4, -0.2) is 28.9 Å². The van der Waals surface area contributed by atoms with Crippen LogP contribution in [0.3, 0.4) is 0 Å². The Kier molecular flexibility index (Phi) is 3.78. The van der Waals surface area contributed by atoms with Crippen LogP contribution in [0, 0.1) is 0 Å². The molecular weight excluding hydrogens is 289 g/mol. The van der Waals surface area contributed by atoms with Crippen LogP contribution in [0.25, 0.3) is 0 Å². The van der Waals surface area contributed by atoms with Crippen LogP contribution < -0.4 is 0 Å². The number of hydrogen-bond donors (Lipinski definition) is 0. The van der Waals surface area contributed by atoms with E-state index in [1.165, 1.54) is 5.56 Å². The summed E-state index contributed by atoms with van der Waals surface area (Å²) >= 11 is 2.37. The Bertz CT molecular complexity index is 278. The molecule has 1 aromatic carbocycles. The second kappa shape index (κ2) is 5.09. The summed E-state index contributed by atoms with van der Waals surface area (Å²) < 4.78 is 8.01. The quantitative estimate of drug-likeness (QED) is 0.614. The molecule has 1 aliphatic rings. The van der Waals surface area contributed by atoms with Crippen LogP contribution in [0.15, 0.2) is 30.3 Å². The lowest BCUT2D eigenvalue weighted by molar-refractivity contribution is 0.00770. The molecule has 14 heavy (non-hydrogen) atoms. The molecule has 0 N–H and O–H groups in total. The smallest absolute Gasteiger partial charge is 0.0751 e. The van der Waals surface area contributed by atoms with Crippen molar-refractivity contribution >= 4 is 22.9 Å². The van der Waals surface area contributed by atoms with Crippen LogP contribution in [0.2, 0.25) is 0 Å². The van der Waals surface area contributed by atoms with Gasteiger partial charge < -0.3 is 4.74 Å². The third kappa shape index (κ3) is 2.93. The van der Waals surface area contributed by atoms with Crippen molar-refractivity contribution in [3.05, 3.63) is 35.9 Å². The first-order chi connectivity index (χ1) is 6.84. The molecule has 0 radical (unpaired) electrons. The third-order valence-electron chi connectivity index (χ3n) is 2.40. The number of ether oxygens (including phenoxy) is 1. The largest absolute Gasteiger partial charge is 0.375 e. The number of benzene rings is 1. The molecular formula is C11H14INO. The highest BCUT2D eigenvalue weighted by molar-refractivity contribution is 14.1. The van der Waals surface area contributed by atoms with Crippen LogP contribution >= 0.6 is 22.9 Å². The molecule has 1 atom stereocenters. The minimum Gasteiger partial charge on any atom is -0.375 e. The number of hydrogen-bond acceptors (Lipinski definition) is 2. The van der Waals surface area contributed by atoms with Gasteiger partial charge in [-0.3, -0.25) is 0 Å². The molecule has 1 saturated heterocycles. The number of morpholine rings is 1. The predicted molar refractivity (Wildman–Crippen MR) is 65.5 cm³/mol. The average molecular weight is 303 g/mol. The van der Waals surface area contributed by atoms with Crippen molar-refractivity contribution in [2.75, 3.05) is 19.7 Å². The van der Waals surface area contributed by atoms with Gasteiger partial charge in [-0.2, -0.15) is 0 Å². The lowest BCUT2D eigenvalue weighted by Gasteiger charge is -2.28. The molecule has 0 bridgehead atoms. The van der Waals surface area contributed by atoms with E-state index >= 15 is 0 Å². The van der Waals surface area contributed by atoms with Gasteiger partial charge in [-0.1, -0.05) is 30.3 Å². The second-order valence-corrected chi connectivity index (χ2v) is 4.92. The van der Waals surface area contributed by atoms with E-state index in [2.05, 4.69) is 56.3 Å². The molecule has 0 saturated carbocycles. The van der Waals surface area contributed by atoms with Gasteiger partial charge in [-0.15, -0.1) is 0 Å². The Hall–Kier alpha value is -0.130. The first-order valence-corrected chi connectivity index (χ1v) is 5.87. The summed E-state index contributed by atoms with van der Waals surface area (Å²) in [6.45, 7) is 2.95. The van der Waals surface area contributed by atoms with Crippen LogP contribution in [-0.2, 0) is 11.2 Å². The van der Waals surface area contributed by atoms with Crippen LogP contribution in [0.1, 0.15) is 5.56 Å². The first-order valence-electron chi connectivity index (χ1n) is 4.91. The Morgan fingerprint density at radius 1 is 1.36 bits per heavy atom. The van der Waals surface area contributed by atoms with E-state index in [1.54, 1.807) is 0 Å². The molecule has 3 heteroatoms. The van der Waals surface area contributed by atoms with Gasteiger partial charge in [0.2, 0.25) is 0 Å². The minimum atomic E-state index is 0.364. The third-order valence-corrected chi connectivity index (χ3v) is 3.27. The van der Waals surface area contributed by atoms with Gasteiger partial charge in [0, 0.05) is 36.0 Å². The topological polar surface area (TPSA) is 12.5 Å². The highest BCUT2D eigenvalue weighted by Gasteiger charge is 2.18. The standard InChI is InChI=1S/C11H14INO/c12-13-6-7-14-11(9-13)8-10-4-2-1-3-5-10/h1-5,11H,6-9H2. The molecule has 1 heterocycles. The van der Waals surface area contributed by atoms with E-state index in [0.29, 0.717) is 6.10 Å². The predicted octanol–water partition coefficient (Wildman–Crippen LogP) is 2.28. The maximum atomic E-state index is 5.71. The molecule has 2 nitrogen and oxygen atoms in total. The summed E-state index contributed by atoms with van der Waals surface area (Å²) in [6.07, 6.45) is 1.39. The van der Waals surface area contributed by atoms with Gasteiger partial charge in [0.25, 0.3) is 0 Å². The minimum absolute atomic E-state index is 0.364. The molecule has 0 aliphatic carbocycles. The highest BCUT2D eigenvalue weighted by atomic mass is 127. The van der Waals surface area contributed by atoms with Crippen molar-refractivity contribution in [2.24, 2.45) is 0 Å². The van der Waals surface area contributed by atoms with Gasteiger partial charge in [-0.25, -0.2) is 3.11 Å². The number of rotatable bonds is 2. The molecule has 2 rings (SSSR count). The van der Waals surface area contributed by atoms with Crippen molar-refractivity contribution < 1.29 is 4.74 Å². The Balaban J connectivity index is 1.91. The fourth-order valence-corrected chi connectivity index (χ4v) is 2.32. The normalized spacial score (nSPS) is 23.6. The van der Waals surface area contributed by atoms with Gasteiger partial charge in [0.15, 0.2) is 0 Å². The molecule has 0 spiro atoms. The molecule has 1 fully saturated rings. The van der Waals surface area contributed by atoms with Gasteiger partial charge in [0.1, 0.15) is 0 Å². The Labute approximate surface area is 98.7 Å². The van der Waals surface area contributed by atoms with Crippen molar-refractivity contribution in [3.63, 3.8) is 0 Å². The van der Waals surface area contributed by atoms with Crippen molar-refractivity contribution in [3.8, 4) is 0 Å². The molecule has 0 amide bonds. The maximum Gasteiger partial charge on any atom is 0.0751 e. The fraction of sp³-hybridized carbons (Fsp3) is 0.455. The summed E-state index contributed by atoms with van der Waals surface area (Å²) in [5.41, 5.74) is 1.37. The first kappa shape index (κ1) is 10.4. The zero-order valence-electron chi connectivity index (χ0n) is 8.03. The number of nitrogens with zero attached hydrogens (tertiary/aromatic N) is 1. The van der Waals surface area contributed by atoms with E-state index in [9.17, 15) is 0 Å². The zero-order chi connectivity index (χ0) is 9.80. The number of halogens is 1. The van der Waals surface area contributed by atoms with Crippen LogP contribution in [0.5, 0.6) is 0 Å². The van der Waals surface area contributed by atoms with Crippen molar-refractivity contribution in [2.45, 2.75) is 12.5 Å². The average Bonchev–Trinajstić information content (AvgIpc) is 2.19. The SMILES string of the molecule is IN1CCOC(Cc2ccccc2)C1. The van der Waals surface area contributed by atoms with Gasteiger partial charge >= 0.3 is 0 Å². The second-order valence-electron chi connectivity index (χ2n) is 3.55. The van der Waals surface area contributed by atoms with Gasteiger partial charge in [-0.05, 0) is 12.0 Å². The lowest BCUT2D eigenvalue weighted by Crippen LogP contribution is -2.37. The molecule has 1 aromatic rings. The molecule has 1 aliphatic heterocycles. The Morgan fingerprint density at radius 2 is 2.14 bits per heavy atom. The van der Waals surface area contributed by atoms with E-state index in [-0.39, 0.29) is 0 Å². The van der Waals surface area contributed by atoms with E-state index < -0.39 is 0 Å². The summed E-state index contributed by atoms with van der Waals surface area (Å²) in [6, 6.07) is 10.5. The summed E-state index contributed by atoms with van der Waals surface area (Å²) in [4.78, 5) is 0. The van der Waals surface area contributed by atoms with E-state index in [1.807, 2.05) is 0 Å². The Morgan fingerprint density at radius 3 is 2.86 bits per heavy atom. The van der Waals surface area contributed by atoms with Gasteiger partial charge in [0.05, 0.1) is 12.7 Å².